The van der Waals surface area contributed by atoms with Crippen LogP contribution in [0.15, 0.2) is 59.5 Å². The van der Waals surface area contributed by atoms with E-state index < -0.39 is 52.6 Å². The summed E-state index contributed by atoms with van der Waals surface area (Å²) in [5.41, 5.74) is 0.210. The fourth-order valence-electron chi connectivity index (χ4n) is 4.31. The molecule has 182 valence electrons. The second-order valence-electron chi connectivity index (χ2n) is 8.71. The lowest BCUT2D eigenvalue weighted by atomic mass is 9.83. The average Bonchev–Trinajstić information content (AvgIpc) is 2.82. The Morgan fingerprint density at radius 1 is 1.09 bits per heavy atom. The molecule has 0 radical (unpaired) electrons. The van der Waals surface area contributed by atoms with E-state index in [1.54, 1.807) is 45.0 Å². The van der Waals surface area contributed by atoms with E-state index in [0.717, 1.165) is 6.20 Å². The third kappa shape index (κ3) is 4.71. The number of likely N-dealkylation sites (N-methyl/N-ethyl adjacent to an activating group) is 1. The van der Waals surface area contributed by atoms with Crippen LogP contribution in [0.3, 0.4) is 0 Å². The number of hydrogen-bond donors (Lipinski definition) is 0. The Hall–Kier alpha value is -3.88. The number of halogens is 2. The molecule has 1 amide bonds. The molecule has 0 aliphatic carbocycles. The minimum Gasteiger partial charge on any atom is -0.420 e. The van der Waals surface area contributed by atoms with Gasteiger partial charge in [0.15, 0.2) is 5.69 Å². The third-order valence-corrected chi connectivity index (χ3v) is 6.03. The van der Waals surface area contributed by atoms with Crippen LogP contribution in [0.4, 0.5) is 8.78 Å². The van der Waals surface area contributed by atoms with E-state index in [4.69, 9.17) is 4.74 Å². The Morgan fingerprint density at radius 3 is 2.20 bits per heavy atom. The van der Waals surface area contributed by atoms with Crippen LogP contribution in [-0.4, -0.2) is 39.6 Å². The van der Waals surface area contributed by atoms with Crippen LogP contribution in [-0.2, 0) is 4.79 Å². The maximum atomic E-state index is 14.3. The van der Waals surface area contributed by atoms with E-state index in [1.807, 2.05) is 0 Å². The highest BCUT2D eigenvalue weighted by molar-refractivity contribution is 5.96. The SMILES string of the molecule is CCN1C[C@H](C(c2cccc(F)c2)c2cccc(F)c2)n2ncc(=O)c(OC(=O)C(C)C)c2C1=O. The Labute approximate surface area is 200 Å². The van der Waals surface area contributed by atoms with Gasteiger partial charge in [0.05, 0.1) is 18.2 Å². The molecule has 9 heteroatoms. The molecule has 0 unspecified atom stereocenters. The second kappa shape index (κ2) is 9.77. The van der Waals surface area contributed by atoms with Gasteiger partial charge in [-0.05, 0) is 42.3 Å². The molecular weight excluding hydrogens is 456 g/mol. The molecule has 0 bridgehead atoms. The van der Waals surface area contributed by atoms with E-state index in [2.05, 4.69) is 5.10 Å². The number of ether oxygens (including phenoxy) is 1. The van der Waals surface area contributed by atoms with Crippen molar-refractivity contribution in [2.24, 2.45) is 5.92 Å². The van der Waals surface area contributed by atoms with E-state index in [0.29, 0.717) is 17.7 Å². The number of carbonyl (C=O) groups is 2. The first kappa shape index (κ1) is 24.3. The monoisotopic (exact) mass is 481 g/mol. The van der Waals surface area contributed by atoms with Crippen molar-refractivity contribution >= 4 is 11.9 Å². The van der Waals surface area contributed by atoms with Gasteiger partial charge in [0.2, 0.25) is 11.2 Å². The van der Waals surface area contributed by atoms with Crippen LogP contribution in [0.2, 0.25) is 0 Å². The van der Waals surface area contributed by atoms with Gasteiger partial charge >= 0.3 is 5.97 Å². The summed E-state index contributed by atoms with van der Waals surface area (Å²) in [6.07, 6.45) is 0.989. The largest absolute Gasteiger partial charge is 0.420 e. The van der Waals surface area contributed by atoms with Gasteiger partial charge in [-0.2, -0.15) is 5.10 Å². The van der Waals surface area contributed by atoms with Gasteiger partial charge in [-0.25, -0.2) is 8.78 Å². The minimum absolute atomic E-state index is 0.160. The Kier molecular flexibility index (Phi) is 6.77. The van der Waals surface area contributed by atoms with Crippen molar-refractivity contribution in [2.75, 3.05) is 13.1 Å². The number of fused-ring (bicyclic) bond motifs is 1. The van der Waals surface area contributed by atoms with Crippen molar-refractivity contribution < 1.29 is 23.1 Å². The highest BCUT2D eigenvalue weighted by Gasteiger charge is 2.40. The second-order valence-corrected chi connectivity index (χ2v) is 8.71. The first-order valence-electron chi connectivity index (χ1n) is 11.3. The Bertz CT molecular complexity index is 1290. The predicted molar refractivity (Wildman–Crippen MR) is 124 cm³/mol. The van der Waals surface area contributed by atoms with E-state index in [1.165, 1.54) is 33.8 Å². The highest BCUT2D eigenvalue weighted by Crippen LogP contribution is 2.39. The lowest BCUT2D eigenvalue weighted by molar-refractivity contribution is -0.137. The van der Waals surface area contributed by atoms with Crippen LogP contribution >= 0.6 is 0 Å². The van der Waals surface area contributed by atoms with Crippen molar-refractivity contribution in [1.29, 1.82) is 0 Å². The topological polar surface area (TPSA) is 81.5 Å². The molecular formula is C26H25F2N3O4. The van der Waals surface area contributed by atoms with Crippen molar-refractivity contribution in [1.82, 2.24) is 14.7 Å². The van der Waals surface area contributed by atoms with Crippen LogP contribution in [0.25, 0.3) is 0 Å². The molecule has 35 heavy (non-hydrogen) atoms. The number of carbonyl (C=O) groups excluding carboxylic acids is 2. The van der Waals surface area contributed by atoms with Crippen LogP contribution in [0, 0.1) is 17.6 Å². The number of aromatic nitrogens is 2. The molecule has 0 saturated carbocycles. The van der Waals surface area contributed by atoms with Gasteiger partial charge in [-0.3, -0.25) is 19.1 Å². The Morgan fingerprint density at radius 2 is 1.69 bits per heavy atom. The van der Waals surface area contributed by atoms with Crippen molar-refractivity contribution in [3.63, 3.8) is 0 Å². The summed E-state index contributed by atoms with van der Waals surface area (Å²) in [6, 6.07) is 11.2. The van der Waals surface area contributed by atoms with Gasteiger partial charge in [-0.1, -0.05) is 38.1 Å². The Balaban J connectivity index is 1.96. The van der Waals surface area contributed by atoms with Crippen molar-refractivity contribution in [2.45, 2.75) is 32.7 Å². The highest BCUT2D eigenvalue weighted by atomic mass is 19.1. The molecule has 2 heterocycles. The van der Waals surface area contributed by atoms with E-state index >= 15 is 0 Å². The number of nitrogens with zero attached hydrogens (tertiary/aromatic N) is 3. The van der Waals surface area contributed by atoms with Crippen LogP contribution in [0.1, 0.15) is 54.3 Å². The molecule has 4 rings (SSSR count). The fraction of sp³-hybridized carbons (Fsp3) is 0.308. The van der Waals surface area contributed by atoms with Crippen LogP contribution in [0.5, 0.6) is 5.75 Å². The number of amides is 1. The number of benzene rings is 2. The maximum absolute atomic E-state index is 14.3. The van der Waals surface area contributed by atoms with E-state index in [-0.39, 0.29) is 12.2 Å². The molecule has 3 aromatic rings. The molecule has 1 aliphatic heterocycles. The summed E-state index contributed by atoms with van der Waals surface area (Å²) in [5.74, 6) is -3.69. The zero-order valence-corrected chi connectivity index (χ0v) is 19.6. The maximum Gasteiger partial charge on any atom is 0.313 e. The zero-order chi connectivity index (χ0) is 25.3. The lowest BCUT2D eigenvalue weighted by Gasteiger charge is -2.39. The first-order valence-corrected chi connectivity index (χ1v) is 11.3. The quantitative estimate of drug-likeness (QED) is 0.499. The van der Waals surface area contributed by atoms with Gasteiger partial charge in [0.25, 0.3) is 5.91 Å². The summed E-state index contributed by atoms with van der Waals surface area (Å²) >= 11 is 0. The van der Waals surface area contributed by atoms with Crippen LogP contribution < -0.4 is 10.2 Å². The standard InChI is InChI=1S/C26H25F2N3O4/c1-4-30-14-20(22(16-7-5-9-18(27)11-16)17-8-6-10-19(28)12-17)31-23(25(30)33)24(21(32)13-29-31)35-26(34)15(2)3/h5-13,15,20,22H,4,14H2,1-3H3/t20-/m1/s1. The summed E-state index contributed by atoms with van der Waals surface area (Å²) in [4.78, 5) is 39.9. The molecule has 1 atom stereocenters. The summed E-state index contributed by atoms with van der Waals surface area (Å²) in [5, 5.41) is 4.23. The predicted octanol–water partition coefficient (Wildman–Crippen LogP) is 3.93. The van der Waals surface area contributed by atoms with E-state index in [9.17, 15) is 23.2 Å². The van der Waals surface area contributed by atoms with Crippen molar-refractivity contribution in [3.05, 3.63) is 93.4 Å². The molecule has 1 aliphatic rings. The smallest absolute Gasteiger partial charge is 0.313 e. The molecule has 0 N–H and O–H groups in total. The summed E-state index contributed by atoms with van der Waals surface area (Å²) in [7, 11) is 0. The van der Waals surface area contributed by atoms with Gasteiger partial charge in [-0.15, -0.1) is 0 Å². The lowest BCUT2D eigenvalue weighted by Crippen LogP contribution is -2.47. The van der Waals surface area contributed by atoms with Gasteiger partial charge in [0, 0.05) is 19.0 Å². The molecule has 0 fully saturated rings. The molecule has 0 spiro atoms. The molecule has 0 saturated heterocycles. The average molecular weight is 481 g/mol. The molecule has 7 nitrogen and oxygen atoms in total. The molecule has 2 aromatic carbocycles. The molecule has 1 aromatic heterocycles. The number of hydrogen-bond acceptors (Lipinski definition) is 5. The van der Waals surface area contributed by atoms with Crippen molar-refractivity contribution in [3.8, 4) is 5.75 Å². The van der Waals surface area contributed by atoms with Gasteiger partial charge in [0.1, 0.15) is 11.6 Å². The first-order chi connectivity index (χ1) is 16.7. The minimum atomic E-state index is -0.705. The summed E-state index contributed by atoms with van der Waals surface area (Å²) < 4.78 is 35.2. The normalized spacial score (nSPS) is 15.5. The number of esters is 1. The zero-order valence-electron chi connectivity index (χ0n) is 19.6. The van der Waals surface area contributed by atoms with Gasteiger partial charge < -0.3 is 9.64 Å². The third-order valence-electron chi connectivity index (χ3n) is 6.03. The number of rotatable bonds is 6. The fourth-order valence-corrected chi connectivity index (χ4v) is 4.31. The summed E-state index contributed by atoms with van der Waals surface area (Å²) in [6.45, 7) is 5.46.